The summed E-state index contributed by atoms with van der Waals surface area (Å²) in [5.74, 6) is -0.451. The molecule has 1 aliphatic heterocycles. The van der Waals surface area contributed by atoms with Gasteiger partial charge in [0.2, 0.25) is 10.0 Å². The number of anilines is 3. The number of nitrogens with two attached hydrogens (primary N) is 1. The van der Waals surface area contributed by atoms with Crippen LogP contribution in [0.5, 0.6) is 5.75 Å². The van der Waals surface area contributed by atoms with Crippen LogP contribution in [0.2, 0.25) is 0 Å². The fourth-order valence-electron chi connectivity index (χ4n) is 5.77. The van der Waals surface area contributed by atoms with Crippen LogP contribution in [0, 0.1) is 5.92 Å². The van der Waals surface area contributed by atoms with Crippen LogP contribution in [0.25, 0.3) is 10.4 Å². The Bertz CT molecular complexity index is 1480. The number of thiophene rings is 1. The van der Waals surface area contributed by atoms with Crippen molar-refractivity contribution in [1.29, 1.82) is 0 Å². The number of sulfonamides is 1. The van der Waals surface area contributed by atoms with Crippen LogP contribution in [-0.4, -0.2) is 63.8 Å². The fourth-order valence-corrected chi connectivity index (χ4v) is 8.31. The minimum absolute atomic E-state index is 0. The normalized spacial score (nSPS) is 19.2. The van der Waals surface area contributed by atoms with Crippen LogP contribution in [-0.2, 0) is 14.8 Å². The monoisotopic (exact) mass is 621 g/mol. The summed E-state index contributed by atoms with van der Waals surface area (Å²) in [4.78, 5) is 14.5. The molecule has 5 rings (SSSR count). The first kappa shape index (κ1) is 31.1. The van der Waals surface area contributed by atoms with E-state index in [9.17, 15) is 18.3 Å². The third kappa shape index (κ3) is 6.19. The quantitative estimate of drug-likeness (QED) is 0.300. The molecule has 12 heteroatoms. The smallest absolute Gasteiger partial charge is 0.348 e. The fraction of sp³-hybridized carbons (Fsp3) is 0.414. The summed E-state index contributed by atoms with van der Waals surface area (Å²) in [6, 6.07) is 14.5. The van der Waals surface area contributed by atoms with Gasteiger partial charge in [-0.25, -0.2) is 13.2 Å². The number of rotatable bonds is 8. The Kier molecular flexibility index (Phi) is 9.86. The van der Waals surface area contributed by atoms with Crippen LogP contribution in [0.4, 0.5) is 17.1 Å². The second-order valence-corrected chi connectivity index (χ2v) is 13.3. The number of hydrogen-bond acceptors (Lipinski definition) is 8. The topological polar surface area (TPSA) is 122 Å². The number of para-hydroxylation sites is 1. The Morgan fingerprint density at radius 2 is 1.80 bits per heavy atom. The molecule has 0 unspecified atom stereocenters. The van der Waals surface area contributed by atoms with E-state index < -0.39 is 16.0 Å². The lowest BCUT2D eigenvalue weighted by molar-refractivity contribution is 0.0703. The van der Waals surface area contributed by atoms with E-state index in [0.29, 0.717) is 35.0 Å². The maximum atomic E-state index is 14.3. The van der Waals surface area contributed by atoms with Crippen LogP contribution < -0.4 is 15.4 Å². The van der Waals surface area contributed by atoms with Crippen molar-refractivity contribution in [3.8, 4) is 16.2 Å². The largest absolute Gasteiger partial charge is 0.490 e. The number of likely N-dealkylation sites (N-methyl/N-ethyl adjacent to an activating group) is 1. The van der Waals surface area contributed by atoms with Gasteiger partial charge in [0.15, 0.2) is 0 Å². The van der Waals surface area contributed by atoms with Gasteiger partial charge in [-0.3, -0.25) is 0 Å². The Balaban J connectivity index is 0.00000387. The van der Waals surface area contributed by atoms with Crippen molar-refractivity contribution >= 4 is 56.8 Å². The number of carboxylic acid groups (broad SMARTS) is 1. The third-order valence-electron chi connectivity index (χ3n) is 7.87. The number of carboxylic acids is 1. The zero-order valence-electron chi connectivity index (χ0n) is 23.1. The Hall–Kier alpha value is -2.83. The molecule has 1 saturated carbocycles. The highest BCUT2D eigenvalue weighted by Gasteiger charge is 2.41. The van der Waals surface area contributed by atoms with Gasteiger partial charge in [-0.1, -0.05) is 37.5 Å². The van der Waals surface area contributed by atoms with E-state index in [2.05, 4.69) is 4.90 Å². The first-order chi connectivity index (χ1) is 19.2. The number of ether oxygens (including phenoxy) is 2. The molecule has 1 aromatic heterocycles. The summed E-state index contributed by atoms with van der Waals surface area (Å²) < 4.78 is 41.5. The van der Waals surface area contributed by atoms with Gasteiger partial charge in [-0.05, 0) is 43.0 Å². The van der Waals surface area contributed by atoms with E-state index in [1.54, 1.807) is 36.7 Å². The SMILES string of the molecule is COCCOc1cc2c(cc1-c1cc(N)c(C(=O)O)s1)S(=O)(=O)N(C)[C@H](C1CCCCC1)CN2c1ccccc1.Cl. The van der Waals surface area contributed by atoms with Crippen molar-refractivity contribution in [2.45, 2.75) is 43.0 Å². The van der Waals surface area contributed by atoms with E-state index in [-0.39, 0.29) is 46.4 Å². The average molecular weight is 622 g/mol. The molecule has 9 nitrogen and oxygen atoms in total. The predicted octanol–water partition coefficient (Wildman–Crippen LogP) is 5.86. The lowest BCUT2D eigenvalue weighted by Gasteiger charge is -2.36. The number of hydrogen-bond donors (Lipinski definition) is 2. The second-order valence-electron chi connectivity index (χ2n) is 10.3. The Labute approximate surface area is 251 Å². The number of benzene rings is 2. The number of halogens is 1. The number of methoxy groups -OCH3 is 1. The predicted molar refractivity (Wildman–Crippen MR) is 165 cm³/mol. The summed E-state index contributed by atoms with van der Waals surface area (Å²) in [5.41, 5.74) is 8.03. The molecule has 41 heavy (non-hydrogen) atoms. The molecule has 2 heterocycles. The van der Waals surface area contributed by atoms with Crippen LogP contribution >= 0.6 is 23.7 Å². The van der Waals surface area contributed by atoms with Gasteiger partial charge in [0.05, 0.1) is 18.0 Å². The zero-order chi connectivity index (χ0) is 28.4. The van der Waals surface area contributed by atoms with Crippen LogP contribution in [0.15, 0.2) is 53.4 Å². The number of nitrogens with zero attached hydrogens (tertiary/aromatic N) is 2. The van der Waals surface area contributed by atoms with E-state index in [1.165, 1.54) is 6.42 Å². The van der Waals surface area contributed by atoms with Crippen molar-refractivity contribution in [1.82, 2.24) is 4.31 Å². The Morgan fingerprint density at radius 3 is 2.44 bits per heavy atom. The Morgan fingerprint density at radius 1 is 1.10 bits per heavy atom. The minimum Gasteiger partial charge on any atom is -0.490 e. The van der Waals surface area contributed by atoms with Gasteiger partial charge in [0.25, 0.3) is 0 Å². The number of carbonyl (C=O) groups is 1. The third-order valence-corrected chi connectivity index (χ3v) is 11.0. The molecule has 3 N–H and O–H groups in total. The van der Waals surface area contributed by atoms with Gasteiger partial charge in [-0.15, -0.1) is 23.7 Å². The minimum atomic E-state index is -3.92. The highest BCUT2D eigenvalue weighted by molar-refractivity contribution is 7.89. The molecule has 0 saturated heterocycles. The van der Waals surface area contributed by atoms with Crippen molar-refractivity contribution in [3.63, 3.8) is 0 Å². The molecule has 1 atom stereocenters. The maximum absolute atomic E-state index is 14.3. The average Bonchev–Trinajstić information content (AvgIpc) is 3.32. The van der Waals surface area contributed by atoms with E-state index >= 15 is 0 Å². The molecule has 0 bridgehead atoms. The molecule has 222 valence electrons. The summed E-state index contributed by atoms with van der Waals surface area (Å²) in [7, 11) is -0.664. The van der Waals surface area contributed by atoms with Crippen molar-refractivity contribution in [2.75, 3.05) is 44.5 Å². The first-order valence-electron chi connectivity index (χ1n) is 13.5. The maximum Gasteiger partial charge on any atom is 0.348 e. The summed E-state index contributed by atoms with van der Waals surface area (Å²) in [5, 5.41) is 9.60. The van der Waals surface area contributed by atoms with Gasteiger partial charge in [-0.2, -0.15) is 4.31 Å². The molecule has 2 aliphatic rings. The number of fused-ring (bicyclic) bond motifs is 1. The molecule has 0 amide bonds. The standard InChI is InChI=1S/C29H35N3O6S2.ClH/c1-31-24(19-9-5-3-6-10-19)18-32(20-11-7-4-8-12-20)23-17-25(38-14-13-37-2)21(15-27(23)40(31,35)36)26-16-22(30)28(39-26)29(33)34;/h4,7-8,11-12,15-17,19,24H,3,5-6,9-10,13-14,18,30H2,1-2H3,(H,33,34);1H/t24-;/m0./s1. The second kappa shape index (κ2) is 13.0. The molecule has 0 radical (unpaired) electrons. The molecule has 2 aromatic carbocycles. The lowest BCUT2D eigenvalue weighted by atomic mass is 9.83. The van der Waals surface area contributed by atoms with Gasteiger partial charge < -0.3 is 25.2 Å². The van der Waals surface area contributed by atoms with Crippen molar-refractivity contribution in [3.05, 3.63) is 53.4 Å². The summed E-state index contributed by atoms with van der Waals surface area (Å²) >= 11 is 0.994. The highest BCUT2D eigenvalue weighted by atomic mass is 35.5. The van der Waals surface area contributed by atoms with Crippen molar-refractivity contribution < 1.29 is 27.8 Å². The molecular weight excluding hydrogens is 586 g/mol. The van der Waals surface area contributed by atoms with E-state index in [0.717, 1.165) is 42.7 Å². The van der Waals surface area contributed by atoms with E-state index in [4.69, 9.17) is 15.2 Å². The van der Waals surface area contributed by atoms with Gasteiger partial charge in [0, 0.05) is 48.9 Å². The van der Waals surface area contributed by atoms with Crippen LogP contribution in [0.1, 0.15) is 41.8 Å². The molecule has 1 fully saturated rings. The molecular formula is C29H36ClN3O6S2. The highest BCUT2D eigenvalue weighted by Crippen LogP contribution is 2.47. The number of nitrogen functional groups attached to an aromatic ring is 1. The molecule has 0 spiro atoms. The lowest BCUT2D eigenvalue weighted by Crippen LogP contribution is -2.46. The van der Waals surface area contributed by atoms with Gasteiger partial charge >= 0.3 is 5.97 Å². The number of aromatic carboxylic acids is 1. The zero-order valence-corrected chi connectivity index (χ0v) is 25.6. The molecule has 1 aliphatic carbocycles. The van der Waals surface area contributed by atoms with Crippen LogP contribution in [0.3, 0.4) is 0 Å². The summed E-state index contributed by atoms with van der Waals surface area (Å²) in [6.07, 6.45) is 5.36. The summed E-state index contributed by atoms with van der Waals surface area (Å²) in [6.45, 7) is 1.07. The first-order valence-corrected chi connectivity index (χ1v) is 15.7. The van der Waals surface area contributed by atoms with Gasteiger partial charge in [0.1, 0.15) is 22.1 Å². The van der Waals surface area contributed by atoms with Crippen molar-refractivity contribution in [2.24, 2.45) is 5.92 Å². The molecule has 3 aromatic rings. The van der Waals surface area contributed by atoms with E-state index in [1.807, 2.05) is 30.3 Å².